The van der Waals surface area contributed by atoms with E-state index in [0.717, 1.165) is 50.6 Å². The van der Waals surface area contributed by atoms with Crippen molar-refractivity contribution in [3.05, 3.63) is 103 Å². The number of fused-ring (bicyclic) bond motifs is 1. The molecule has 0 unspecified atom stereocenters. The number of aromatic nitrogens is 2. The predicted octanol–water partition coefficient (Wildman–Crippen LogP) is 5.67. The Kier molecular flexibility index (Phi) is 5.51. The molecule has 0 aliphatic carbocycles. The van der Waals surface area contributed by atoms with Crippen molar-refractivity contribution >= 4 is 22.4 Å². The third kappa shape index (κ3) is 4.31. The van der Waals surface area contributed by atoms with Crippen LogP contribution in [0.25, 0.3) is 22.2 Å². The second-order valence-corrected chi connectivity index (χ2v) is 7.40. The molecule has 3 N–H and O–H groups in total. The molecule has 0 fully saturated rings. The lowest BCUT2D eigenvalue weighted by molar-refractivity contribution is 0.306. The number of nitrogens with zero attached hydrogens (tertiary/aromatic N) is 2. The van der Waals surface area contributed by atoms with E-state index in [1.807, 2.05) is 78.9 Å². The van der Waals surface area contributed by atoms with Crippen LogP contribution in [-0.2, 0) is 13.2 Å². The summed E-state index contributed by atoms with van der Waals surface area (Å²) in [6.45, 7) is 0.976. The van der Waals surface area contributed by atoms with Gasteiger partial charge in [-0.3, -0.25) is 0 Å². The van der Waals surface area contributed by atoms with Crippen LogP contribution in [0.4, 0.5) is 11.5 Å². The molecular formula is C26H22N4O2. The van der Waals surface area contributed by atoms with Crippen molar-refractivity contribution in [2.45, 2.75) is 13.2 Å². The van der Waals surface area contributed by atoms with Gasteiger partial charge in [-0.25, -0.2) is 9.97 Å². The summed E-state index contributed by atoms with van der Waals surface area (Å²) in [5.74, 6) is 2.30. The molecule has 0 aliphatic rings. The Bertz CT molecular complexity index is 1330. The minimum atomic E-state index is 0.443. The molecule has 0 atom stereocenters. The van der Waals surface area contributed by atoms with Crippen LogP contribution < -0.4 is 15.8 Å². The third-order valence-corrected chi connectivity index (χ3v) is 5.17. The van der Waals surface area contributed by atoms with Crippen molar-refractivity contribution in [3.8, 4) is 17.1 Å². The SMILES string of the molecule is NCc1coc(-c2ccc3ncnc(Nc4ccc(OCc5ccccc5)cc4)c3c2)c1. The molecule has 0 amide bonds. The van der Waals surface area contributed by atoms with Crippen LogP contribution in [0.2, 0.25) is 0 Å². The molecule has 0 saturated carbocycles. The highest BCUT2D eigenvalue weighted by Gasteiger charge is 2.09. The standard InChI is InChI=1S/C26H22N4O2/c27-14-19-12-25(32-16-19)20-6-11-24-23(13-20)26(29-17-28-24)30-21-7-9-22(10-8-21)31-15-18-4-2-1-3-5-18/h1-13,16-17H,14-15,27H2,(H,28,29,30). The molecule has 2 heterocycles. The fourth-order valence-electron chi connectivity index (χ4n) is 3.46. The molecule has 5 rings (SSSR count). The number of anilines is 2. The molecule has 5 aromatic rings. The van der Waals surface area contributed by atoms with Crippen molar-refractivity contribution < 1.29 is 9.15 Å². The van der Waals surface area contributed by atoms with Crippen LogP contribution in [0.5, 0.6) is 5.75 Å². The summed E-state index contributed by atoms with van der Waals surface area (Å²) in [5.41, 5.74) is 10.5. The highest BCUT2D eigenvalue weighted by Crippen LogP contribution is 2.30. The Morgan fingerprint density at radius 3 is 2.50 bits per heavy atom. The molecule has 6 nitrogen and oxygen atoms in total. The van der Waals surface area contributed by atoms with Gasteiger partial charge in [0.15, 0.2) is 0 Å². The van der Waals surface area contributed by atoms with E-state index in [2.05, 4.69) is 15.3 Å². The Balaban J connectivity index is 1.35. The zero-order chi connectivity index (χ0) is 21.8. The first kappa shape index (κ1) is 19.8. The lowest BCUT2D eigenvalue weighted by Gasteiger charge is -2.11. The van der Waals surface area contributed by atoms with Gasteiger partial charge in [-0.15, -0.1) is 0 Å². The Hall–Kier alpha value is -4.16. The number of rotatable bonds is 7. The Morgan fingerprint density at radius 2 is 1.72 bits per heavy atom. The Morgan fingerprint density at radius 1 is 0.875 bits per heavy atom. The number of nitrogens with one attached hydrogen (secondary N) is 1. The molecule has 0 bridgehead atoms. The number of furan rings is 1. The minimum Gasteiger partial charge on any atom is -0.489 e. The molecule has 0 spiro atoms. The number of ether oxygens (including phenoxy) is 1. The largest absolute Gasteiger partial charge is 0.489 e. The third-order valence-electron chi connectivity index (χ3n) is 5.17. The molecule has 3 aromatic carbocycles. The molecule has 0 aliphatic heterocycles. The molecule has 0 saturated heterocycles. The van der Waals surface area contributed by atoms with Gasteiger partial charge in [0.1, 0.15) is 30.3 Å². The Labute approximate surface area is 185 Å². The fraction of sp³-hybridized carbons (Fsp3) is 0.0769. The molecule has 2 aromatic heterocycles. The maximum absolute atomic E-state index is 5.87. The average molecular weight is 422 g/mol. The molecule has 158 valence electrons. The smallest absolute Gasteiger partial charge is 0.141 e. The molecule has 32 heavy (non-hydrogen) atoms. The van der Waals surface area contributed by atoms with Gasteiger partial charge in [0.2, 0.25) is 0 Å². The monoisotopic (exact) mass is 422 g/mol. The summed E-state index contributed by atoms with van der Waals surface area (Å²) in [4.78, 5) is 8.84. The van der Waals surface area contributed by atoms with E-state index in [-0.39, 0.29) is 0 Å². The molecule has 0 radical (unpaired) electrons. The van der Waals surface area contributed by atoms with E-state index in [1.54, 1.807) is 12.6 Å². The van der Waals surface area contributed by atoms with E-state index in [1.165, 1.54) is 0 Å². The summed E-state index contributed by atoms with van der Waals surface area (Å²) in [7, 11) is 0. The minimum absolute atomic E-state index is 0.443. The van der Waals surface area contributed by atoms with Crippen LogP contribution in [0, 0.1) is 0 Å². The second kappa shape index (κ2) is 8.91. The van der Waals surface area contributed by atoms with Crippen LogP contribution >= 0.6 is 0 Å². The highest BCUT2D eigenvalue weighted by atomic mass is 16.5. The number of hydrogen-bond donors (Lipinski definition) is 2. The van der Waals surface area contributed by atoms with E-state index >= 15 is 0 Å². The molecular weight excluding hydrogens is 400 g/mol. The summed E-state index contributed by atoms with van der Waals surface area (Å²) < 4.78 is 11.5. The zero-order valence-corrected chi connectivity index (χ0v) is 17.4. The van der Waals surface area contributed by atoms with Gasteiger partial charge in [0.25, 0.3) is 0 Å². The fourth-order valence-corrected chi connectivity index (χ4v) is 3.46. The highest BCUT2D eigenvalue weighted by molar-refractivity contribution is 5.93. The maximum atomic E-state index is 5.87. The summed E-state index contributed by atoms with van der Waals surface area (Å²) >= 11 is 0. The van der Waals surface area contributed by atoms with Gasteiger partial charge in [0.05, 0.1) is 11.8 Å². The van der Waals surface area contributed by atoms with E-state index in [0.29, 0.717) is 13.2 Å². The number of hydrogen-bond acceptors (Lipinski definition) is 6. The van der Waals surface area contributed by atoms with Gasteiger partial charge in [0, 0.05) is 28.7 Å². The average Bonchev–Trinajstić information content (AvgIpc) is 3.34. The van der Waals surface area contributed by atoms with Crippen molar-refractivity contribution in [3.63, 3.8) is 0 Å². The first-order valence-corrected chi connectivity index (χ1v) is 10.3. The van der Waals surface area contributed by atoms with Gasteiger partial charge >= 0.3 is 0 Å². The summed E-state index contributed by atoms with van der Waals surface area (Å²) in [6, 6.07) is 25.8. The number of nitrogens with two attached hydrogens (primary N) is 1. The van der Waals surface area contributed by atoms with Crippen LogP contribution in [0.15, 0.2) is 95.9 Å². The van der Waals surface area contributed by atoms with Gasteiger partial charge in [-0.05, 0) is 54.1 Å². The quantitative estimate of drug-likeness (QED) is 0.351. The lowest BCUT2D eigenvalue weighted by Crippen LogP contribution is -1.97. The summed E-state index contributed by atoms with van der Waals surface area (Å²) in [5, 5.41) is 4.29. The van der Waals surface area contributed by atoms with Crippen molar-refractivity contribution in [2.24, 2.45) is 5.73 Å². The van der Waals surface area contributed by atoms with Crippen LogP contribution in [0.1, 0.15) is 11.1 Å². The van der Waals surface area contributed by atoms with E-state index in [9.17, 15) is 0 Å². The van der Waals surface area contributed by atoms with E-state index in [4.69, 9.17) is 14.9 Å². The van der Waals surface area contributed by atoms with Gasteiger partial charge in [-0.1, -0.05) is 30.3 Å². The summed E-state index contributed by atoms with van der Waals surface area (Å²) in [6.07, 6.45) is 3.24. The lowest BCUT2D eigenvalue weighted by atomic mass is 10.1. The maximum Gasteiger partial charge on any atom is 0.141 e. The van der Waals surface area contributed by atoms with E-state index < -0.39 is 0 Å². The van der Waals surface area contributed by atoms with Crippen molar-refractivity contribution in [1.82, 2.24) is 9.97 Å². The topological polar surface area (TPSA) is 86.2 Å². The van der Waals surface area contributed by atoms with Crippen molar-refractivity contribution in [1.29, 1.82) is 0 Å². The second-order valence-electron chi connectivity index (χ2n) is 7.40. The van der Waals surface area contributed by atoms with Crippen molar-refractivity contribution in [2.75, 3.05) is 5.32 Å². The van der Waals surface area contributed by atoms with Crippen LogP contribution in [-0.4, -0.2) is 9.97 Å². The zero-order valence-electron chi connectivity index (χ0n) is 17.4. The van der Waals surface area contributed by atoms with Gasteiger partial charge < -0.3 is 20.2 Å². The number of benzene rings is 3. The first-order chi connectivity index (χ1) is 15.8. The first-order valence-electron chi connectivity index (χ1n) is 10.3. The predicted molar refractivity (Wildman–Crippen MR) is 126 cm³/mol. The van der Waals surface area contributed by atoms with Crippen LogP contribution in [0.3, 0.4) is 0 Å². The normalized spacial score (nSPS) is 10.9. The van der Waals surface area contributed by atoms with Gasteiger partial charge in [-0.2, -0.15) is 0 Å². The molecule has 6 heteroatoms.